The molecule has 0 unspecified atom stereocenters. The van der Waals surface area contributed by atoms with E-state index >= 15 is 0 Å². The number of halogens is 7. The molecule has 0 bridgehead atoms. The highest BCUT2D eigenvalue weighted by Crippen LogP contribution is 2.38. The van der Waals surface area contributed by atoms with Crippen molar-refractivity contribution in [2.45, 2.75) is 58.3 Å². The second-order valence-electron chi connectivity index (χ2n) is 10.7. The average Bonchev–Trinajstić information content (AvgIpc) is 2.91. The number of carbonyl (C=O) groups excluding carboxylic acids is 3. The van der Waals surface area contributed by atoms with Crippen molar-refractivity contribution >= 4 is 46.6 Å². The van der Waals surface area contributed by atoms with Crippen molar-refractivity contribution in [1.82, 2.24) is 10.6 Å². The zero-order valence-corrected chi connectivity index (χ0v) is 24.9. The smallest absolute Gasteiger partial charge is 0.402 e. The van der Waals surface area contributed by atoms with Crippen LogP contribution in [0.5, 0.6) is 5.75 Å². The van der Waals surface area contributed by atoms with Gasteiger partial charge in [-0.3, -0.25) is 14.4 Å². The van der Waals surface area contributed by atoms with Gasteiger partial charge in [0.2, 0.25) is 5.91 Å². The topological polar surface area (TPSA) is 106 Å². The number of hydrogen-bond donors (Lipinski definition) is 3. The predicted octanol–water partition coefficient (Wildman–Crippen LogP) is 6.39. The summed E-state index contributed by atoms with van der Waals surface area (Å²) in [5.41, 5.74) is -3.49. The number of rotatable bonds is 10. The third-order valence-corrected chi connectivity index (χ3v) is 7.72. The van der Waals surface area contributed by atoms with Crippen molar-refractivity contribution in [2.75, 3.05) is 25.1 Å². The van der Waals surface area contributed by atoms with Crippen LogP contribution in [-0.4, -0.2) is 55.7 Å². The Bertz CT molecular complexity index is 1370. The van der Waals surface area contributed by atoms with Crippen LogP contribution >= 0.6 is 23.2 Å². The largest absolute Gasteiger partial charge is 0.487 e. The van der Waals surface area contributed by atoms with Crippen LogP contribution in [0, 0.1) is 5.41 Å². The number of alkyl halides is 5. The molecule has 3 rings (SSSR count). The number of ether oxygens (including phenoxy) is 2. The van der Waals surface area contributed by atoms with Crippen molar-refractivity contribution in [1.29, 1.82) is 0 Å². The Morgan fingerprint density at radius 1 is 1.05 bits per heavy atom. The molecule has 0 atom stereocenters. The van der Waals surface area contributed by atoms with E-state index in [1.165, 1.54) is 30.3 Å². The van der Waals surface area contributed by atoms with Gasteiger partial charge in [-0.1, -0.05) is 29.3 Å². The second-order valence-corrected chi connectivity index (χ2v) is 11.5. The lowest BCUT2D eigenvalue weighted by molar-refractivity contribution is -0.211. The molecule has 2 aromatic carbocycles. The highest BCUT2D eigenvalue weighted by Gasteiger charge is 2.52. The van der Waals surface area contributed by atoms with Gasteiger partial charge in [0, 0.05) is 31.0 Å². The lowest BCUT2D eigenvalue weighted by Crippen LogP contribution is -2.49. The van der Waals surface area contributed by atoms with E-state index in [0.29, 0.717) is 26.1 Å². The molecule has 3 N–H and O–H groups in total. The van der Waals surface area contributed by atoms with Gasteiger partial charge in [-0.2, -0.15) is 13.2 Å². The number of amides is 3. The van der Waals surface area contributed by atoms with Crippen molar-refractivity contribution in [3.63, 3.8) is 0 Å². The summed E-state index contributed by atoms with van der Waals surface area (Å²) in [4.78, 5) is 38.6. The summed E-state index contributed by atoms with van der Waals surface area (Å²) < 4.78 is 75.8. The van der Waals surface area contributed by atoms with E-state index < -0.39 is 54.4 Å². The Kier molecular flexibility index (Phi) is 10.9. The van der Waals surface area contributed by atoms with Crippen molar-refractivity contribution < 1.29 is 45.8 Å². The highest BCUT2D eigenvalue weighted by molar-refractivity contribution is 6.40. The lowest BCUT2D eigenvalue weighted by atomic mass is 9.91. The summed E-state index contributed by atoms with van der Waals surface area (Å²) >= 11 is 12.6. The summed E-state index contributed by atoms with van der Waals surface area (Å²) in [6.07, 6.45) is -6.57. The summed E-state index contributed by atoms with van der Waals surface area (Å²) in [6.45, 7) is 2.73. The van der Waals surface area contributed by atoms with E-state index in [-0.39, 0.29) is 38.2 Å². The second kappa shape index (κ2) is 13.6. The summed E-state index contributed by atoms with van der Waals surface area (Å²) in [7, 11) is 0. The number of benzene rings is 2. The molecule has 0 aromatic heterocycles. The molecular weight excluding hydrogens is 624 g/mol. The van der Waals surface area contributed by atoms with Crippen LogP contribution in [-0.2, 0) is 16.1 Å². The number of carbonyl (C=O) groups is 3. The minimum Gasteiger partial charge on any atom is -0.487 e. The number of anilines is 1. The monoisotopic (exact) mass is 653 g/mol. The number of hydrogen-bond acceptors (Lipinski definition) is 5. The molecule has 0 spiro atoms. The van der Waals surface area contributed by atoms with Crippen LogP contribution < -0.4 is 20.7 Å². The van der Waals surface area contributed by atoms with E-state index in [1.807, 2.05) is 6.92 Å². The fourth-order valence-electron chi connectivity index (χ4n) is 4.01. The van der Waals surface area contributed by atoms with Gasteiger partial charge in [-0.25, -0.2) is 8.78 Å². The maximum absolute atomic E-state index is 13.2. The van der Waals surface area contributed by atoms with E-state index in [0.717, 1.165) is 13.8 Å². The first kappa shape index (κ1) is 34.3. The van der Waals surface area contributed by atoms with E-state index in [2.05, 4.69) is 16.0 Å². The quantitative estimate of drug-likeness (QED) is 0.258. The Balaban J connectivity index is 1.85. The molecular formula is C28H30Cl2F5N3O5. The molecule has 3 amide bonds. The standard InChI is InChI=1S/C28H30Cl2F5N3O5/c1-26(2,28(33,34)35)25(41)36-13-15-4-6-18(29)21(22(15)30)24(40)37-16-5-7-19(43-14-20(31)32)17(12-16)23(39)38-27(3)8-10-42-11-9-27/h4-7,12,20H,8-11,13-14H2,1-3H3,(H,36,41)(H,37,40)(H,38,39). The van der Waals surface area contributed by atoms with Crippen LogP contribution in [0.25, 0.3) is 0 Å². The van der Waals surface area contributed by atoms with Gasteiger partial charge < -0.3 is 25.4 Å². The maximum Gasteiger partial charge on any atom is 0.402 e. The zero-order valence-electron chi connectivity index (χ0n) is 23.4. The molecule has 2 aromatic rings. The van der Waals surface area contributed by atoms with E-state index in [9.17, 15) is 36.3 Å². The van der Waals surface area contributed by atoms with Crippen molar-refractivity contribution in [3.8, 4) is 5.75 Å². The van der Waals surface area contributed by atoms with E-state index in [1.54, 1.807) is 0 Å². The minimum atomic E-state index is -4.80. The first-order valence-electron chi connectivity index (χ1n) is 13.0. The third-order valence-electron chi connectivity index (χ3n) is 6.97. The van der Waals surface area contributed by atoms with Crippen molar-refractivity contribution in [3.05, 3.63) is 57.1 Å². The van der Waals surface area contributed by atoms with E-state index in [4.69, 9.17) is 32.7 Å². The van der Waals surface area contributed by atoms with Crippen LogP contribution in [0.1, 0.15) is 59.9 Å². The zero-order chi connectivity index (χ0) is 32.2. The van der Waals surface area contributed by atoms with Crippen LogP contribution in [0.2, 0.25) is 10.0 Å². The number of nitrogens with one attached hydrogen (secondary N) is 3. The normalized spacial score (nSPS) is 15.1. The average molecular weight is 654 g/mol. The third kappa shape index (κ3) is 8.48. The summed E-state index contributed by atoms with van der Waals surface area (Å²) in [6, 6.07) is 6.43. The predicted molar refractivity (Wildman–Crippen MR) is 150 cm³/mol. The van der Waals surface area contributed by atoms with Gasteiger partial charge >= 0.3 is 6.18 Å². The van der Waals surface area contributed by atoms with Gasteiger partial charge in [0.05, 0.1) is 21.2 Å². The fraction of sp³-hybridized carbons (Fsp3) is 0.464. The highest BCUT2D eigenvalue weighted by atomic mass is 35.5. The van der Waals surface area contributed by atoms with Crippen molar-refractivity contribution in [2.24, 2.45) is 5.41 Å². The summed E-state index contributed by atoms with van der Waals surface area (Å²) in [5, 5.41) is 7.24. The van der Waals surface area contributed by atoms with Gasteiger partial charge in [0.15, 0.2) is 0 Å². The molecule has 1 fully saturated rings. The molecule has 0 aliphatic carbocycles. The molecule has 8 nitrogen and oxygen atoms in total. The molecule has 15 heteroatoms. The fourth-order valence-corrected chi connectivity index (χ4v) is 4.62. The van der Waals surface area contributed by atoms with Gasteiger partial charge in [-0.05, 0) is 63.4 Å². The molecule has 43 heavy (non-hydrogen) atoms. The lowest BCUT2D eigenvalue weighted by Gasteiger charge is -2.34. The Hall–Kier alpha value is -3.16. The first-order chi connectivity index (χ1) is 19.9. The maximum atomic E-state index is 13.2. The Morgan fingerprint density at radius 3 is 2.30 bits per heavy atom. The molecule has 1 saturated heterocycles. The first-order valence-corrected chi connectivity index (χ1v) is 13.8. The molecule has 0 saturated carbocycles. The Morgan fingerprint density at radius 2 is 1.70 bits per heavy atom. The molecule has 1 heterocycles. The van der Waals surface area contributed by atoms with Crippen LogP contribution in [0.15, 0.2) is 30.3 Å². The van der Waals surface area contributed by atoms with Gasteiger partial charge in [0.1, 0.15) is 17.8 Å². The molecule has 1 aliphatic heterocycles. The molecule has 0 radical (unpaired) electrons. The minimum absolute atomic E-state index is 0.0643. The van der Waals surface area contributed by atoms with Gasteiger partial charge in [-0.15, -0.1) is 0 Å². The molecule has 1 aliphatic rings. The van der Waals surface area contributed by atoms with Gasteiger partial charge in [0.25, 0.3) is 18.2 Å². The van der Waals surface area contributed by atoms with Crippen LogP contribution in [0.4, 0.5) is 27.6 Å². The molecule has 236 valence electrons. The Labute approximate surface area is 254 Å². The SMILES string of the molecule is CC1(NC(=O)c2cc(NC(=O)c3c(Cl)ccc(CNC(=O)C(C)(C)C(F)(F)F)c3Cl)ccc2OCC(F)F)CCOCC1. The van der Waals surface area contributed by atoms with Crippen LogP contribution in [0.3, 0.4) is 0 Å². The summed E-state index contributed by atoms with van der Waals surface area (Å²) in [5.74, 6) is -2.91.